The molecule has 3 nitrogen and oxygen atoms in total. The van der Waals surface area contributed by atoms with Crippen LogP contribution in [-0.2, 0) is 4.79 Å². The molecule has 0 saturated heterocycles. The maximum atomic E-state index is 10.6. The van der Waals surface area contributed by atoms with Gasteiger partial charge in [0.2, 0.25) is 0 Å². The molecule has 1 aromatic rings. The highest BCUT2D eigenvalue weighted by molar-refractivity contribution is 5.85. The third-order valence-electron chi connectivity index (χ3n) is 2.66. The fourth-order valence-electron chi connectivity index (χ4n) is 1.50. The van der Waals surface area contributed by atoms with Gasteiger partial charge in [0.15, 0.2) is 0 Å². The molecule has 0 heterocycles. The van der Waals surface area contributed by atoms with E-state index in [9.17, 15) is 9.90 Å². The second-order valence-corrected chi connectivity index (χ2v) is 3.88. The van der Waals surface area contributed by atoms with Crippen LogP contribution < -0.4 is 0 Å². The van der Waals surface area contributed by atoms with Gasteiger partial charge in [-0.3, -0.25) is 0 Å². The molecule has 0 aromatic heterocycles. The Morgan fingerprint density at radius 1 is 1.38 bits per heavy atom. The van der Waals surface area contributed by atoms with Gasteiger partial charge in [-0.15, -0.1) is 0 Å². The highest BCUT2D eigenvalue weighted by Gasteiger charge is 2.19. The number of carbonyl (C=O) groups is 1. The van der Waals surface area contributed by atoms with Crippen LogP contribution in [-0.4, -0.2) is 22.3 Å². The van der Waals surface area contributed by atoms with Crippen molar-refractivity contribution in [2.24, 2.45) is 0 Å². The maximum Gasteiger partial charge on any atom is 0.331 e. The first-order valence-corrected chi connectivity index (χ1v) is 5.16. The molecule has 3 heteroatoms. The third kappa shape index (κ3) is 3.21. The SMILES string of the molecule is C=C(C[C@@H](O)[C@H](C)c1ccccc1)C(=O)O. The van der Waals surface area contributed by atoms with E-state index in [1.165, 1.54) is 0 Å². The van der Waals surface area contributed by atoms with Gasteiger partial charge in [0.25, 0.3) is 0 Å². The summed E-state index contributed by atoms with van der Waals surface area (Å²) in [5.74, 6) is -1.16. The predicted octanol–water partition coefficient (Wildman–Crippen LogP) is 2.18. The van der Waals surface area contributed by atoms with Gasteiger partial charge < -0.3 is 10.2 Å². The minimum atomic E-state index is -1.06. The Kier molecular flexibility index (Phi) is 4.26. The Labute approximate surface area is 95.0 Å². The molecule has 0 amide bonds. The minimum absolute atomic E-state index is 0.0373. The average Bonchev–Trinajstić information content (AvgIpc) is 2.28. The lowest BCUT2D eigenvalue weighted by molar-refractivity contribution is -0.133. The zero-order chi connectivity index (χ0) is 12.1. The summed E-state index contributed by atoms with van der Waals surface area (Å²) < 4.78 is 0. The smallest absolute Gasteiger partial charge is 0.331 e. The van der Waals surface area contributed by atoms with Crippen LogP contribution in [0.2, 0.25) is 0 Å². The number of rotatable bonds is 5. The predicted molar refractivity (Wildman–Crippen MR) is 62.3 cm³/mol. The molecule has 0 aliphatic heterocycles. The van der Waals surface area contributed by atoms with Crippen LogP contribution in [0.25, 0.3) is 0 Å². The summed E-state index contributed by atoms with van der Waals surface area (Å²) in [6.07, 6.45) is -0.628. The normalized spacial score (nSPS) is 14.1. The number of aliphatic carboxylic acids is 1. The van der Waals surface area contributed by atoms with Crippen LogP contribution in [0, 0.1) is 0 Å². The first-order valence-electron chi connectivity index (χ1n) is 5.16. The lowest BCUT2D eigenvalue weighted by Crippen LogP contribution is -2.18. The molecule has 0 aliphatic rings. The quantitative estimate of drug-likeness (QED) is 0.748. The summed E-state index contributed by atoms with van der Waals surface area (Å²) in [6, 6.07) is 9.52. The molecular formula is C13H16O3. The molecule has 1 aromatic carbocycles. The summed E-state index contributed by atoms with van der Waals surface area (Å²) in [5, 5.41) is 18.5. The van der Waals surface area contributed by atoms with E-state index in [0.717, 1.165) is 5.56 Å². The van der Waals surface area contributed by atoms with Gasteiger partial charge in [-0.05, 0) is 5.56 Å². The van der Waals surface area contributed by atoms with Gasteiger partial charge in [-0.1, -0.05) is 43.8 Å². The van der Waals surface area contributed by atoms with Crippen molar-refractivity contribution in [2.75, 3.05) is 0 Å². The van der Waals surface area contributed by atoms with Crippen molar-refractivity contribution >= 4 is 5.97 Å². The number of aliphatic hydroxyl groups excluding tert-OH is 1. The van der Waals surface area contributed by atoms with E-state index >= 15 is 0 Å². The lowest BCUT2D eigenvalue weighted by atomic mass is 9.91. The Balaban J connectivity index is 2.65. The monoisotopic (exact) mass is 220 g/mol. The van der Waals surface area contributed by atoms with Crippen molar-refractivity contribution in [1.82, 2.24) is 0 Å². The molecule has 0 unspecified atom stereocenters. The Morgan fingerprint density at radius 2 is 1.94 bits per heavy atom. The molecule has 2 atom stereocenters. The molecule has 0 fully saturated rings. The van der Waals surface area contributed by atoms with Gasteiger partial charge >= 0.3 is 5.97 Å². The van der Waals surface area contributed by atoms with Gasteiger partial charge in [-0.2, -0.15) is 0 Å². The van der Waals surface area contributed by atoms with E-state index in [1.807, 2.05) is 37.3 Å². The van der Waals surface area contributed by atoms with Crippen molar-refractivity contribution in [1.29, 1.82) is 0 Å². The summed E-state index contributed by atoms with van der Waals surface area (Å²) in [7, 11) is 0. The van der Waals surface area contributed by atoms with Crippen molar-refractivity contribution in [2.45, 2.75) is 25.4 Å². The highest BCUT2D eigenvalue weighted by Crippen LogP contribution is 2.22. The molecule has 1 rings (SSSR count). The number of carboxylic acids is 1. The average molecular weight is 220 g/mol. The standard InChI is InChI=1S/C13H16O3/c1-9(13(15)16)8-12(14)10(2)11-6-4-3-5-7-11/h3-7,10,12,14H,1,8H2,2H3,(H,15,16)/t10-,12-/m1/s1. The summed E-state index contributed by atoms with van der Waals surface area (Å²) in [4.78, 5) is 10.6. The van der Waals surface area contributed by atoms with E-state index in [-0.39, 0.29) is 17.9 Å². The van der Waals surface area contributed by atoms with Gasteiger partial charge in [0.05, 0.1) is 6.10 Å². The molecule has 0 bridgehead atoms. The van der Waals surface area contributed by atoms with E-state index in [1.54, 1.807) is 0 Å². The van der Waals surface area contributed by atoms with Crippen LogP contribution in [0.1, 0.15) is 24.8 Å². The van der Waals surface area contributed by atoms with Crippen LogP contribution in [0.5, 0.6) is 0 Å². The van der Waals surface area contributed by atoms with Crippen molar-refractivity contribution in [3.63, 3.8) is 0 Å². The Morgan fingerprint density at radius 3 is 2.44 bits per heavy atom. The van der Waals surface area contributed by atoms with Crippen molar-refractivity contribution in [3.05, 3.63) is 48.0 Å². The van der Waals surface area contributed by atoms with Crippen LogP contribution in [0.3, 0.4) is 0 Å². The maximum absolute atomic E-state index is 10.6. The molecule has 0 saturated carbocycles. The number of hydrogen-bond acceptors (Lipinski definition) is 2. The molecule has 0 spiro atoms. The van der Waals surface area contributed by atoms with E-state index in [2.05, 4.69) is 6.58 Å². The topological polar surface area (TPSA) is 57.5 Å². The summed E-state index contributed by atoms with van der Waals surface area (Å²) in [6.45, 7) is 5.28. The summed E-state index contributed by atoms with van der Waals surface area (Å²) >= 11 is 0. The van der Waals surface area contributed by atoms with Gasteiger partial charge in [-0.25, -0.2) is 4.79 Å². The summed E-state index contributed by atoms with van der Waals surface area (Å²) in [5.41, 5.74) is 1.03. The molecule has 86 valence electrons. The third-order valence-corrected chi connectivity index (χ3v) is 2.66. The second-order valence-electron chi connectivity index (χ2n) is 3.88. The molecule has 0 aliphatic carbocycles. The Bertz CT molecular complexity index is 370. The van der Waals surface area contributed by atoms with Crippen molar-refractivity contribution in [3.8, 4) is 0 Å². The molecule has 16 heavy (non-hydrogen) atoms. The number of carboxylic acid groups (broad SMARTS) is 1. The van der Waals surface area contributed by atoms with Crippen LogP contribution >= 0.6 is 0 Å². The fourth-order valence-corrected chi connectivity index (χ4v) is 1.50. The number of aliphatic hydroxyl groups is 1. The first kappa shape index (κ1) is 12.5. The molecule has 2 N–H and O–H groups in total. The largest absolute Gasteiger partial charge is 0.478 e. The van der Waals surface area contributed by atoms with E-state index < -0.39 is 12.1 Å². The fraction of sp³-hybridized carbons (Fsp3) is 0.308. The zero-order valence-corrected chi connectivity index (χ0v) is 9.26. The molecular weight excluding hydrogens is 204 g/mol. The van der Waals surface area contributed by atoms with Gasteiger partial charge in [0.1, 0.15) is 0 Å². The van der Waals surface area contributed by atoms with E-state index in [0.29, 0.717) is 0 Å². The van der Waals surface area contributed by atoms with E-state index in [4.69, 9.17) is 5.11 Å². The number of benzene rings is 1. The zero-order valence-electron chi connectivity index (χ0n) is 9.26. The second kappa shape index (κ2) is 5.47. The first-order chi connectivity index (χ1) is 7.52. The minimum Gasteiger partial charge on any atom is -0.478 e. The van der Waals surface area contributed by atoms with Crippen LogP contribution in [0.4, 0.5) is 0 Å². The van der Waals surface area contributed by atoms with Crippen molar-refractivity contribution < 1.29 is 15.0 Å². The Hall–Kier alpha value is -1.61. The number of hydrogen-bond donors (Lipinski definition) is 2. The van der Waals surface area contributed by atoms with Gasteiger partial charge in [0, 0.05) is 17.9 Å². The molecule has 0 radical (unpaired) electrons. The highest BCUT2D eigenvalue weighted by atomic mass is 16.4. The van der Waals surface area contributed by atoms with Crippen LogP contribution in [0.15, 0.2) is 42.5 Å². The lowest BCUT2D eigenvalue weighted by Gasteiger charge is -2.19.